The number of likely N-dealkylation sites (N-methyl/N-ethyl adjacent to an activating group) is 1. The van der Waals surface area contributed by atoms with E-state index >= 15 is 0 Å². The Morgan fingerprint density at radius 1 is 0.413 bits per heavy atom. The Bertz CT molecular complexity index is 1500. The van der Waals surface area contributed by atoms with E-state index in [4.69, 9.17) is 18.9 Å². The highest BCUT2D eigenvalue weighted by Crippen LogP contribution is 2.17. The van der Waals surface area contributed by atoms with Gasteiger partial charge in [0.25, 0.3) is 6.29 Å². The van der Waals surface area contributed by atoms with Gasteiger partial charge in [-0.3, -0.25) is 9.59 Å². The third-order valence-electron chi connectivity index (χ3n) is 13.2. The van der Waals surface area contributed by atoms with Gasteiger partial charge < -0.3 is 28.5 Å². The predicted molar refractivity (Wildman–Crippen MR) is 318 cm³/mol. The minimum atomic E-state index is -1.52. The molecule has 1 N–H and O–H groups in total. The molecule has 0 bridgehead atoms. The molecule has 0 aliphatic heterocycles. The van der Waals surface area contributed by atoms with E-state index in [0.717, 1.165) is 83.5 Å². The van der Waals surface area contributed by atoms with Crippen LogP contribution in [0.3, 0.4) is 0 Å². The van der Waals surface area contributed by atoms with Crippen molar-refractivity contribution in [3.8, 4) is 0 Å². The number of unbranched alkanes of at least 4 members (excludes halogenated alkanes) is 27. The van der Waals surface area contributed by atoms with Crippen LogP contribution in [-0.4, -0.2) is 87.4 Å². The fraction of sp³-hybridized carbons (Fsp3) is 0.742. The quantitative estimate of drug-likeness (QED) is 0.0211. The molecule has 0 heterocycles. The van der Waals surface area contributed by atoms with E-state index < -0.39 is 24.3 Å². The molecule has 9 nitrogen and oxygen atoms in total. The number of nitrogens with zero attached hydrogens (tertiary/aromatic N) is 1. The van der Waals surface area contributed by atoms with E-state index in [1.165, 1.54) is 141 Å². The van der Waals surface area contributed by atoms with Gasteiger partial charge in [0.2, 0.25) is 0 Å². The fourth-order valence-electron chi connectivity index (χ4n) is 8.47. The second kappa shape index (κ2) is 56.7. The normalized spacial score (nSPS) is 13.3. The Hall–Kier alpha value is -3.53. The van der Waals surface area contributed by atoms with Crippen LogP contribution < -0.4 is 0 Å². The van der Waals surface area contributed by atoms with Gasteiger partial charge in [0.15, 0.2) is 6.10 Å². The molecular formula is C66H116NO8+. The Morgan fingerprint density at radius 2 is 0.760 bits per heavy atom. The average molecular weight is 1050 g/mol. The topological polar surface area (TPSA) is 108 Å². The summed E-state index contributed by atoms with van der Waals surface area (Å²) in [6, 6.07) is 0. The molecule has 0 aromatic rings. The van der Waals surface area contributed by atoms with Gasteiger partial charge >= 0.3 is 17.9 Å². The molecule has 2 atom stereocenters. The SMILES string of the molecule is CC/C=C\C/C=C\C/C=C\C/C=C\C/C=C\C/C=C\C/C=C\CCCCCC(=O)OC(COC(=O)CCCCCCCCCCCCCCCCCCCCCCCCCCC)COC(OCC[N+](C)(C)C)C(=O)O. The maximum Gasteiger partial charge on any atom is 0.361 e. The van der Waals surface area contributed by atoms with Gasteiger partial charge in [-0.05, 0) is 70.6 Å². The number of carbonyl (C=O) groups excluding carboxylic acids is 2. The zero-order chi connectivity index (χ0) is 54.8. The van der Waals surface area contributed by atoms with Gasteiger partial charge in [0, 0.05) is 12.8 Å². The first kappa shape index (κ1) is 71.5. The number of quaternary nitrogens is 1. The molecule has 0 aromatic heterocycles. The van der Waals surface area contributed by atoms with Crippen molar-refractivity contribution in [2.24, 2.45) is 0 Å². The van der Waals surface area contributed by atoms with Gasteiger partial charge in [-0.25, -0.2) is 4.79 Å². The van der Waals surface area contributed by atoms with Gasteiger partial charge in [-0.2, -0.15) is 0 Å². The zero-order valence-corrected chi connectivity index (χ0v) is 49.2. The lowest BCUT2D eigenvalue weighted by Crippen LogP contribution is -2.40. The molecule has 0 aromatic carbocycles. The van der Waals surface area contributed by atoms with Crippen molar-refractivity contribution in [1.29, 1.82) is 0 Å². The van der Waals surface area contributed by atoms with Gasteiger partial charge in [0.05, 0.1) is 34.4 Å². The minimum Gasteiger partial charge on any atom is -0.477 e. The molecule has 0 fully saturated rings. The third-order valence-corrected chi connectivity index (χ3v) is 13.2. The molecule has 0 rings (SSSR count). The summed E-state index contributed by atoms with van der Waals surface area (Å²) in [4.78, 5) is 37.5. The number of allylic oxidation sites excluding steroid dienone is 14. The van der Waals surface area contributed by atoms with E-state index in [-0.39, 0.29) is 32.2 Å². The number of rotatable bonds is 56. The van der Waals surface area contributed by atoms with Crippen molar-refractivity contribution in [2.75, 3.05) is 47.5 Å². The Kier molecular flexibility index (Phi) is 54.0. The van der Waals surface area contributed by atoms with Crippen molar-refractivity contribution < 1.29 is 42.9 Å². The van der Waals surface area contributed by atoms with Crippen LogP contribution in [0.25, 0.3) is 0 Å². The van der Waals surface area contributed by atoms with Crippen LogP contribution in [0.1, 0.15) is 258 Å². The monoisotopic (exact) mass is 1050 g/mol. The third kappa shape index (κ3) is 58.0. The van der Waals surface area contributed by atoms with E-state index in [1.807, 2.05) is 21.1 Å². The smallest absolute Gasteiger partial charge is 0.361 e. The maximum atomic E-state index is 12.9. The van der Waals surface area contributed by atoms with Crippen LogP contribution >= 0.6 is 0 Å². The highest BCUT2D eigenvalue weighted by Gasteiger charge is 2.25. The largest absolute Gasteiger partial charge is 0.477 e. The summed E-state index contributed by atoms with van der Waals surface area (Å²) >= 11 is 0. The molecular weight excluding hydrogens is 935 g/mol. The second-order valence-corrected chi connectivity index (χ2v) is 21.6. The first-order valence-corrected chi connectivity index (χ1v) is 30.8. The number of hydrogen-bond donors (Lipinski definition) is 1. The summed E-state index contributed by atoms with van der Waals surface area (Å²) in [5.41, 5.74) is 0. The van der Waals surface area contributed by atoms with Crippen molar-refractivity contribution in [3.63, 3.8) is 0 Å². The number of aliphatic carboxylic acids is 1. The van der Waals surface area contributed by atoms with Crippen LogP contribution in [0.4, 0.5) is 0 Å². The first-order valence-electron chi connectivity index (χ1n) is 30.8. The molecule has 0 amide bonds. The van der Waals surface area contributed by atoms with Crippen molar-refractivity contribution >= 4 is 17.9 Å². The van der Waals surface area contributed by atoms with Gasteiger partial charge in [-0.1, -0.05) is 259 Å². The Morgan fingerprint density at radius 3 is 1.13 bits per heavy atom. The molecule has 0 saturated heterocycles. The lowest BCUT2D eigenvalue weighted by molar-refractivity contribution is -0.870. The van der Waals surface area contributed by atoms with E-state index in [1.54, 1.807) is 0 Å². The Labute approximate surface area is 461 Å². The minimum absolute atomic E-state index is 0.178. The zero-order valence-electron chi connectivity index (χ0n) is 49.2. The average Bonchev–Trinajstić information content (AvgIpc) is 3.38. The predicted octanol–water partition coefficient (Wildman–Crippen LogP) is 18.3. The number of carbonyl (C=O) groups is 3. The first-order chi connectivity index (χ1) is 36.6. The molecule has 9 heteroatoms. The van der Waals surface area contributed by atoms with E-state index in [2.05, 4.69) is 98.9 Å². The van der Waals surface area contributed by atoms with Gasteiger partial charge in [-0.15, -0.1) is 0 Å². The lowest BCUT2D eigenvalue weighted by Gasteiger charge is -2.25. The second-order valence-electron chi connectivity index (χ2n) is 21.6. The molecule has 75 heavy (non-hydrogen) atoms. The standard InChI is InChI=1S/C66H115NO8/c1-6-8-10-12-14-16-18-20-22-24-26-28-30-32-34-36-38-40-42-44-46-48-50-52-54-56-63(68)73-60-62(61-74-66(65(70)71)72-59-58-67(3,4)5)75-64(69)57-55-53-51-49-47-45-43-41-39-37-35-33-31-29-27-25-23-21-19-17-15-13-11-9-7-2/h9,11,15,17,21,23,27,29,33,35,39,41,45,47,62,66H,6-8,10,12-14,16,18-20,22,24-26,28,30-32,34,36-38,40,42-44,46,48-61H2,1-5H3/p+1/b11-9-,17-15-,23-21-,29-27-,35-33-,41-39-,47-45-. The molecule has 0 aliphatic rings. The van der Waals surface area contributed by atoms with Crippen LogP contribution in [0, 0.1) is 0 Å². The summed E-state index contributed by atoms with van der Waals surface area (Å²) in [5.74, 6) is -2.05. The lowest BCUT2D eigenvalue weighted by atomic mass is 10.0. The molecule has 0 spiro atoms. The molecule has 2 unspecified atom stereocenters. The summed E-state index contributed by atoms with van der Waals surface area (Å²) in [5, 5.41) is 9.71. The van der Waals surface area contributed by atoms with Crippen LogP contribution in [0.2, 0.25) is 0 Å². The highest BCUT2D eigenvalue weighted by molar-refractivity contribution is 5.71. The summed E-state index contributed by atoms with van der Waals surface area (Å²) in [6.07, 6.45) is 72.4. The molecule has 432 valence electrons. The Balaban J connectivity index is 4.28. The number of ether oxygens (including phenoxy) is 4. The van der Waals surface area contributed by atoms with Gasteiger partial charge in [0.1, 0.15) is 13.2 Å². The molecule has 0 saturated carbocycles. The van der Waals surface area contributed by atoms with Crippen LogP contribution in [-0.2, 0) is 33.3 Å². The summed E-state index contributed by atoms with van der Waals surface area (Å²) in [7, 11) is 5.96. The number of esters is 2. The molecule has 0 aliphatic carbocycles. The highest BCUT2D eigenvalue weighted by atomic mass is 16.7. The number of carboxylic acid groups (broad SMARTS) is 1. The fourth-order valence-corrected chi connectivity index (χ4v) is 8.47. The number of carboxylic acids is 1. The van der Waals surface area contributed by atoms with Crippen LogP contribution in [0.5, 0.6) is 0 Å². The van der Waals surface area contributed by atoms with E-state index in [0.29, 0.717) is 23.9 Å². The molecule has 0 radical (unpaired) electrons. The van der Waals surface area contributed by atoms with Crippen molar-refractivity contribution in [1.82, 2.24) is 0 Å². The van der Waals surface area contributed by atoms with Crippen molar-refractivity contribution in [3.05, 3.63) is 85.1 Å². The maximum absolute atomic E-state index is 12.9. The van der Waals surface area contributed by atoms with E-state index in [9.17, 15) is 19.5 Å². The number of hydrogen-bond acceptors (Lipinski definition) is 7. The van der Waals surface area contributed by atoms with Crippen molar-refractivity contribution in [2.45, 2.75) is 270 Å². The summed E-state index contributed by atoms with van der Waals surface area (Å²) in [6.45, 7) is 4.75. The summed E-state index contributed by atoms with van der Waals surface area (Å²) < 4.78 is 22.9. The van der Waals surface area contributed by atoms with Crippen LogP contribution in [0.15, 0.2) is 85.1 Å².